The molecule has 0 amide bonds. The van der Waals surface area contributed by atoms with Crippen molar-refractivity contribution in [2.45, 2.75) is 0 Å². The lowest BCUT2D eigenvalue weighted by molar-refractivity contribution is 0.669. The van der Waals surface area contributed by atoms with Crippen molar-refractivity contribution in [1.82, 2.24) is 29.9 Å². The number of hydrogen-bond donors (Lipinski definition) is 0. The molecule has 0 N–H and O–H groups in total. The molecule has 0 radical (unpaired) electrons. The van der Waals surface area contributed by atoms with Crippen molar-refractivity contribution < 1.29 is 13.3 Å². The van der Waals surface area contributed by atoms with E-state index in [9.17, 15) is 0 Å². The largest absolute Gasteiger partial charge is 0.456 e. The molecule has 9 nitrogen and oxygen atoms in total. The second-order valence-corrected chi connectivity index (χ2v) is 37.7. The zero-order valence-corrected chi connectivity index (χ0v) is 79.4. The Morgan fingerprint density at radius 3 is 0.810 bits per heavy atom. The van der Waals surface area contributed by atoms with Crippen LogP contribution in [0.1, 0.15) is 0 Å². The summed E-state index contributed by atoms with van der Waals surface area (Å²) < 4.78 is 19.2. The first-order chi connectivity index (χ1) is 72.8. The number of fused-ring (bicyclic) bond motifs is 29. The van der Waals surface area contributed by atoms with Crippen molar-refractivity contribution in [2.24, 2.45) is 0 Å². The second kappa shape index (κ2) is 35.8. The lowest BCUT2D eigenvalue weighted by Gasteiger charge is -2.14. The van der Waals surface area contributed by atoms with Crippen LogP contribution >= 0.6 is 0 Å². The van der Waals surface area contributed by atoms with Gasteiger partial charge in [0.2, 0.25) is 0 Å². The molecule has 0 bridgehead atoms. The van der Waals surface area contributed by atoms with E-state index in [4.69, 9.17) is 43.2 Å². The van der Waals surface area contributed by atoms with Crippen LogP contribution in [0.4, 0.5) is 0 Å². The smallest absolute Gasteiger partial charge is 0.160 e. The van der Waals surface area contributed by atoms with Gasteiger partial charge in [0.15, 0.2) is 17.5 Å². The van der Waals surface area contributed by atoms with Gasteiger partial charge in [-0.05, 0) is 223 Å². The van der Waals surface area contributed by atoms with Crippen molar-refractivity contribution in [1.29, 1.82) is 0 Å². The zero-order chi connectivity index (χ0) is 96.9. The minimum absolute atomic E-state index is 0.698. The highest BCUT2D eigenvalue weighted by Crippen LogP contribution is 2.49. The van der Waals surface area contributed by atoms with Gasteiger partial charge in [0.25, 0.3) is 0 Å². The number of hydrogen-bond acceptors (Lipinski definition) is 9. The summed E-state index contributed by atoms with van der Waals surface area (Å²) in [5.74, 6) is 2.10. The number of furan rings is 3. The molecule has 0 aliphatic carbocycles. The molecule has 24 aromatic carbocycles. The number of benzene rings is 24. The first kappa shape index (κ1) is 85.3. The maximum absolute atomic E-state index is 6.55. The second-order valence-electron chi connectivity index (χ2n) is 37.7. The van der Waals surface area contributed by atoms with E-state index < -0.39 is 0 Å². The van der Waals surface area contributed by atoms with Crippen molar-refractivity contribution in [3.63, 3.8) is 0 Å². The van der Waals surface area contributed by atoms with Gasteiger partial charge in [0, 0.05) is 93.2 Å². The zero-order valence-electron chi connectivity index (χ0n) is 79.4. The summed E-state index contributed by atoms with van der Waals surface area (Å²) in [5.41, 5.74) is 26.9. The maximum atomic E-state index is 6.55. The minimum atomic E-state index is 0.698. The van der Waals surface area contributed by atoms with Crippen molar-refractivity contribution in [3.8, 4) is 135 Å². The molecule has 9 heteroatoms. The van der Waals surface area contributed by atoms with Gasteiger partial charge in [-0.2, -0.15) is 0 Å². The van der Waals surface area contributed by atoms with Crippen LogP contribution in [0.15, 0.2) is 523 Å². The topological polar surface area (TPSA) is 117 Å². The van der Waals surface area contributed by atoms with Crippen LogP contribution in [0.3, 0.4) is 0 Å². The van der Waals surface area contributed by atoms with E-state index in [1.165, 1.54) is 91.6 Å². The van der Waals surface area contributed by atoms with Gasteiger partial charge >= 0.3 is 0 Å². The molecule has 0 saturated heterocycles. The Balaban J connectivity index is 0.000000107. The molecule has 0 atom stereocenters. The summed E-state index contributed by atoms with van der Waals surface area (Å²) in [6.45, 7) is 0. The number of para-hydroxylation sites is 3. The lowest BCUT2D eigenvalue weighted by atomic mass is 9.90. The molecule has 0 aliphatic rings. The molecule has 30 rings (SSSR count). The van der Waals surface area contributed by atoms with Crippen LogP contribution in [0, 0.1) is 0 Å². The third kappa shape index (κ3) is 15.3. The molecular formula is C138H84N6O3. The fourth-order valence-electron chi connectivity index (χ4n) is 22.0. The molecule has 0 fully saturated rings. The van der Waals surface area contributed by atoms with E-state index in [1.54, 1.807) is 0 Å². The third-order valence-electron chi connectivity index (χ3n) is 29.0. The molecule has 30 aromatic rings. The Morgan fingerprint density at radius 1 is 0.109 bits per heavy atom. The van der Waals surface area contributed by atoms with Crippen molar-refractivity contribution >= 4 is 163 Å². The fourth-order valence-corrected chi connectivity index (χ4v) is 22.0. The third-order valence-corrected chi connectivity index (χ3v) is 29.0. The number of rotatable bonds is 12. The monoisotopic (exact) mass is 1870 g/mol. The highest BCUT2D eigenvalue weighted by Gasteiger charge is 2.25. The predicted octanol–water partition coefficient (Wildman–Crippen LogP) is 37.5. The first-order valence-corrected chi connectivity index (χ1v) is 49.7. The van der Waals surface area contributed by atoms with Crippen molar-refractivity contribution in [2.75, 3.05) is 0 Å². The van der Waals surface area contributed by atoms with Gasteiger partial charge in [-0.1, -0.05) is 406 Å². The van der Waals surface area contributed by atoms with Crippen LogP contribution in [-0.4, -0.2) is 29.9 Å². The van der Waals surface area contributed by atoms with E-state index in [0.29, 0.717) is 17.5 Å². The number of nitrogens with zero attached hydrogens (tertiary/aromatic N) is 6. The standard InChI is InChI=1S/3C46H28N2O/c1-3-12-29(13-4-1)31-16-11-17-33(26-31)46-47-41(30-14-5-2-6-15-30)28-42(48-46)32-22-23-35-38-24-25-39-36-19-9-10-21-43(36)49-45(39)44(38)37-20-8-7-18-34(37)40(35)27-32;1-3-12-29(13-4-1)31-16-11-17-33(24-31)46-47-42(30-14-5-2-6-15-30)28-43(48-46)32-22-23-36-38(25-32)34-18-7-8-19-35(34)40-27-45-41(26-39(36)40)37-20-9-10-21-44(37)49-45;1-3-12-29(13-4-1)31-16-11-17-33(26-31)46-47-40(30-14-5-2-6-15-30)28-41(48-46)32-22-23-37-39(27-32)35-19-8-7-18-34(35)36-24-25-43-45(44(36)37)38-20-9-10-21-42(38)49-43/h3*1-28H. The Morgan fingerprint density at radius 2 is 0.367 bits per heavy atom. The Hall–Kier alpha value is -19.7. The first-order valence-electron chi connectivity index (χ1n) is 49.7. The predicted molar refractivity (Wildman–Crippen MR) is 611 cm³/mol. The molecule has 6 heterocycles. The van der Waals surface area contributed by atoms with Gasteiger partial charge < -0.3 is 13.3 Å². The van der Waals surface area contributed by atoms with E-state index in [0.717, 1.165) is 189 Å². The molecular weight excluding hydrogens is 1790 g/mol. The summed E-state index contributed by atoms with van der Waals surface area (Å²) >= 11 is 0. The van der Waals surface area contributed by atoms with Gasteiger partial charge in [0.05, 0.1) is 34.2 Å². The Bertz CT molecular complexity index is 10500. The maximum Gasteiger partial charge on any atom is 0.160 e. The quantitative estimate of drug-likeness (QED) is 0.110. The normalized spacial score (nSPS) is 11.7. The summed E-state index contributed by atoms with van der Waals surface area (Å²) in [6.07, 6.45) is 0. The summed E-state index contributed by atoms with van der Waals surface area (Å²) in [4.78, 5) is 31.0. The molecule has 6 aromatic heterocycles. The Kier molecular flexibility index (Phi) is 20.8. The van der Waals surface area contributed by atoms with Crippen LogP contribution in [0.5, 0.6) is 0 Å². The number of aromatic nitrogens is 6. The summed E-state index contributed by atoms with van der Waals surface area (Å²) in [6, 6.07) is 179. The Labute approximate surface area is 844 Å². The fraction of sp³-hybridized carbons (Fsp3) is 0. The summed E-state index contributed by atoms with van der Waals surface area (Å²) in [7, 11) is 0. The van der Waals surface area contributed by atoms with Crippen LogP contribution < -0.4 is 0 Å². The molecule has 684 valence electrons. The van der Waals surface area contributed by atoms with Gasteiger partial charge in [0.1, 0.15) is 33.5 Å². The SMILES string of the molecule is c1ccc(-c2cccc(-c3nc(-c4ccccc4)cc(-c4ccc5c(c4)c4ccccc4c4c5ccc5c6ccccc6oc54)n3)c2)cc1.c1ccc(-c2cccc(-c3nc(-c4ccccc4)cc(-c4ccc5c(c4)c4ccccc4c4cc6oc7ccccc7c6cc54)n3)c2)cc1.c1ccc(-c2cccc(-c3nc(-c4ccccc4)cc(-c4ccc5c(c4)c4ccccc4c4ccc6oc7ccccc7c6c45)n3)c2)cc1. The molecule has 0 saturated carbocycles. The van der Waals surface area contributed by atoms with E-state index in [2.05, 4.69) is 443 Å². The van der Waals surface area contributed by atoms with Gasteiger partial charge in [-0.3, -0.25) is 0 Å². The molecule has 0 unspecified atom stereocenters. The summed E-state index contributed by atoms with van der Waals surface area (Å²) in [5, 5.41) is 28.4. The molecule has 0 aliphatic heterocycles. The minimum Gasteiger partial charge on any atom is -0.456 e. The molecule has 0 spiro atoms. The van der Waals surface area contributed by atoms with Gasteiger partial charge in [-0.25, -0.2) is 29.9 Å². The average Bonchev–Trinajstić information content (AvgIpc) is 1.67. The molecule has 147 heavy (non-hydrogen) atoms. The highest BCUT2D eigenvalue weighted by molar-refractivity contribution is 6.36. The average molecular weight is 1870 g/mol. The van der Waals surface area contributed by atoms with E-state index in [1.807, 2.05) is 66.7 Å². The van der Waals surface area contributed by atoms with Crippen LogP contribution in [-0.2, 0) is 0 Å². The van der Waals surface area contributed by atoms with Gasteiger partial charge in [-0.15, -0.1) is 0 Å². The lowest BCUT2D eigenvalue weighted by Crippen LogP contribution is -1.96. The van der Waals surface area contributed by atoms with Crippen LogP contribution in [0.25, 0.3) is 298 Å². The van der Waals surface area contributed by atoms with E-state index >= 15 is 0 Å². The van der Waals surface area contributed by atoms with Crippen molar-refractivity contribution in [3.05, 3.63) is 510 Å². The van der Waals surface area contributed by atoms with Crippen LogP contribution in [0.2, 0.25) is 0 Å². The highest BCUT2D eigenvalue weighted by atomic mass is 16.3. The van der Waals surface area contributed by atoms with E-state index in [-0.39, 0.29) is 0 Å².